The zero-order valence-corrected chi connectivity index (χ0v) is 14.9. The molecule has 0 amide bonds. The maximum atomic E-state index is 13.9. The lowest BCUT2D eigenvalue weighted by Crippen LogP contribution is -2.51. The zero-order valence-electron chi connectivity index (χ0n) is 14.9. The topological polar surface area (TPSA) is 32.8 Å². The third-order valence-corrected chi connectivity index (χ3v) is 4.82. The van der Waals surface area contributed by atoms with Crippen molar-refractivity contribution in [1.82, 2.24) is 4.90 Å². The molecule has 0 radical (unpaired) electrons. The van der Waals surface area contributed by atoms with Crippen LogP contribution in [0.15, 0.2) is 42.5 Å². The lowest BCUT2D eigenvalue weighted by Gasteiger charge is -2.41. The Kier molecular flexibility index (Phi) is 5.52. The Morgan fingerprint density at radius 3 is 2.54 bits per heavy atom. The van der Waals surface area contributed by atoms with Crippen LogP contribution in [0.1, 0.15) is 22.8 Å². The largest absolute Gasteiger partial charge is 0.465 e. The highest BCUT2D eigenvalue weighted by molar-refractivity contribution is 5.89. The molecule has 2 aromatic carbocycles. The average molecular weight is 360 g/mol. The molecule has 1 saturated heterocycles. The maximum absolute atomic E-state index is 13.9. The van der Waals surface area contributed by atoms with Crippen molar-refractivity contribution in [3.63, 3.8) is 0 Å². The van der Waals surface area contributed by atoms with Gasteiger partial charge in [0.05, 0.1) is 12.7 Å². The molecule has 0 aliphatic carbocycles. The smallest absolute Gasteiger partial charge is 0.337 e. The predicted octanol–water partition coefficient (Wildman–Crippen LogP) is 3.46. The van der Waals surface area contributed by atoms with Gasteiger partial charge in [0.2, 0.25) is 0 Å². The van der Waals surface area contributed by atoms with E-state index in [0.717, 1.165) is 31.4 Å². The molecule has 0 bridgehead atoms. The van der Waals surface area contributed by atoms with Gasteiger partial charge in [-0.1, -0.05) is 12.1 Å². The Morgan fingerprint density at radius 1 is 1.15 bits per heavy atom. The summed E-state index contributed by atoms with van der Waals surface area (Å²) in [5, 5.41) is 0. The standard InChI is InChI=1S/C20H22F2N2O2/c1-14-12-24(17-8-6-15(7-9-17)20(25)26-2)11-10-23(14)13-16-4-3-5-18(21)19(16)22/h3-9,14H,10-13H2,1-2H3. The molecule has 1 heterocycles. The van der Waals surface area contributed by atoms with E-state index in [-0.39, 0.29) is 12.0 Å². The number of rotatable bonds is 4. The normalized spacial score (nSPS) is 18.0. The van der Waals surface area contributed by atoms with Crippen molar-refractivity contribution in [3.8, 4) is 0 Å². The summed E-state index contributed by atoms with van der Waals surface area (Å²) in [6, 6.07) is 11.8. The zero-order chi connectivity index (χ0) is 18.7. The minimum absolute atomic E-state index is 0.187. The molecule has 26 heavy (non-hydrogen) atoms. The summed E-state index contributed by atoms with van der Waals surface area (Å²) in [6.45, 7) is 4.76. The summed E-state index contributed by atoms with van der Waals surface area (Å²) in [7, 11) is 1.36. The fraction of sp³-hybridized carbons (Fsp3) is 0.350. The van der Waals surface area contributed by atoms with Crippen LogP contribution < -0.4 is 4.90 Å². The molecule has 0 spiro atoms. The number of hydrogen-bond donors (Lipinski definition) is 0. The maximum Gasteiger partial charge on any atom is 0.337 e. The monoisotopic (exact) mass is 360 g/mol. The lowest BCUT2D eigenvalue weighted by atomic mass is 10.1. The van der Waals surface area contributed by atoms with Gasteiger partial charge in [0, 0.05) is 43.5 Å². The van der Waals surface area contributed by atoms with Crippen LogP contribution in [0.3, 0.4) is 0 Å². The van der Waals surface area contributed by atoms with E-state index < -0.39 is 11.6 Å². The predicted molar refractivity (Wildman–Crippen MR) is 96.2 cm³/mol. The van der Waals surface area contributed by atoms with E-state index in [1.807, 2.05) is 12.1 Å². The van der Waals surface area contributed by atoms with Crippen LogP contribution in [0.4, 0.5) is 14.5 Å². The van der Waals surface area contributed by atoms with Crippen LogP contribution in [-0.4, -0.2) is 43.7 Å². The summed E-state index contributed by atoms with van der Waals surface area (Å²) < 4.78 is 32.0. The fourth-order valence-corrected chi connectivity index (χ4v) is 3.28. The number of carbonyl (C=O) groups excluding carboxylic acids is 1. The molecule has 1 atom stereocenters. The first-order valence-electron chi connectivity index (χ1n) is 8.60. The lowest BCUT2D eigenvalue weighted by molar-refractivity contribution is 0.0600. The van der Waals surface area contributed by atoms with Gasteiger partial charge in [0.1, 0.15) is 0 Å². The van der Waals surface area contributed by atoms with E-state index in [1.165, 1.54) is 13.2 Å². The van der Waals surface area contributed by atoms with Crippen molar-refractivity contribution >= 4 is 11.7 Å². The highest BCUT2D eigenvalue weighted by atomic mass is 19.2. The highest BCUT2D eigenvalue weighted by Crippen LogP contribution is 2.22. The van der Waals surface area contributed by atoms with E-state index in [2.05, 4.69) is 16.7 Å². The van der Waals surface area contributed by atoms with Gasteiger partial charge in [-0.2, -0.15) is 0 Å². The minimum atomic E-state index is -0.806. The van der Waals surface area contributed by atoms with Crippen LogP contribution in [0.2, 0.25) is 0 Å². The van der Waals surface area contributed by atoms with Gasteiger partial charge in [-0.15, -0.1) is 0 Å². The third-order valence-electron chi connectivity index (χ3n) is 4.82. The van der Waals surface area contributed by atoms with Crippen molar-refractivity contribution in [3.05, 3.63) is 65.2 Å². The van der Waals surface area contributed by atoms with E-state index >= 15 is 0 Å². The summed E-state index contributed by atoms with van der Waals surface area (Å²) in [5.74, 6) is -1.92. The molecule has 0 N–H and O–H groups in total. The van der Waals surface area contributed by atoms with Gasteiger partial charge >= 0.3 is 5.97 Å². The molecule has 0 saturated carbocycles. The van der Waals surface area contributed by atoms with Crippen LogP contribution in [-0.2, 0) is 11.3 Å². The number of nitrogens with zero attached hydrogens (tertiary/aromatic N) is 2. The second-order valence-electron chi connectivity index (χ2n) is 6.52. The Morgan fingerprint density at radius 2 is 1.88 bits per heavy atom. The van der Waals surface area contributed by atoms with Crippen molar-refractivity contribution in [2.24, 2.45) is 0 Å². The molecule has 1 fully saturated rings. The van der Waals surface area contributed by atoms with E-state index in [1.54, 1.807) is 18.2 Å². The number of piperazine rings is 1. The molecule has 1 aliphatic rings. The van der Waals surface area contributed by atoms with Crippen LogP contribution in [0, 0.1) is 11.6 Å². The first-order chi connectivity index (χ1) is 12.5. The number of ether oxygens (including phenoxy) is 1. The van der Waals surface area contributed by atoms with Gasteiger partial charge in [0.15, 0.2) is 11.6 Å². The summed E-state index contributed by atoms with van der Waals surface area (Å²) >= 11 is 0. The van der Waals surface area contributed by atoms with Gasteiger partial charge < -0.3 is 9.64 Å². The molecule has 3 rings (SSSR count). The van der Waals surface area contributed by atoms with Crippen molar-refractivity contribution in [2.75, 3.05) is 31.6 Å². The molecule has 138 valence electrons. The molecule has 4 nitrogen and oxygen atoms in total. The molecule has 1 unspecified atom stereocenters. The van der Waals surface area contributed by atoms with Crippen LogP contribution in [0.25, 0.3) is 0 Å². The third kappa shape index (κ3) is 3.85. The molecule has 6 heteroatoms. The number of halogens is 2. The fourth-order valence-electron chi connectivity index (χ4n) is 3.28. The number of methoxy groups -OCH3 is 1. The number of hydrogen-bond acceptors (Lipinski definition) is 4. The van der Waals surface area contributed by atoms with Gasteiger partial charge in [0.25, 0.3) is 0 Å². The van der Waals surface area contributed by atoms with Crippen molar-refractivity contribution in [2.45, 2.75) is 19.5 Å². The SMILES string of the molecule is COC(=O)c1ccc(N2CCN(Cc3cccc(F)c3F)C(C)C2)cc1. The number of carbonyl (C=O) groups is 1. The van der Waals surface area contributed by atoms with E-state index in [9.17, 15) is 13.6 Å². The summed E-state index contributed by atoms with van der Waals surface area (Å²) in [6.07, 6.45) is 0. The Labute approximate surface area is 152 Å². The molecular weight excluding hydrogens is 338 g/mol. The summed E-state index contributed by atoms with van der Waals surface area (Å²) in [5.41, 5.74) is 1.93. The first-order valence-corrected chi connectivity index (χ1v) is 8.60. The molecule has 1 aliphatic heterocycles. The second-order valence-corrected chi connectivity index (χ2v) is 6.52. The molecule has 2 aromatic rings. The number of benzene rings is 2. The van der Waals surface area contributed by atoms with Gasteiger partial charge in [-0.25, -0.2) is 13.6 Å². The quantitative estimate of drug-likeness (QED) is 0.782. The van der Waals surface area contributed by atoms with E-state index in [0.29, 0.717) is 17.7 Å². The van der Waals surface area contributed by atoms with Crippen molar-refractivity contribution in [1.29, 1.82) is 0 Å². The highest BCUT2D eigenvalue weighted by Gasteiger charge is 2.25. The molecular formula is C20H22F2N2O2. The van der Waals surface area contributed by atoms with Gasteiger partial charge in [-0.05, 0) is 37.3 Å². The van der Waals surface area contributed by atoms with Crippen LogP contribution >= 0.6 is 0 Å². The minimum Gasteiger partial charge on any atom is -0.465 e. The number of esters is 1. The van der Waals surface area contributed by atoms with Crippen molar-refractivity contribution < 1.29 is 18.3 Å². The Balaban J connectivity index is 1.65. The first kappa shape index (κ1) is 18.3. The number of anilines is 1. The Hall–Kier alpha value is -2.47. The molecule has 0 aromatic heterocycles. The average Bonchev–Trinajstić information content (AvgIpc) is 2.66. The van der Waals surface area contributed by atoms with Gasteiger partial charge in [-0.3, -0.25) is 4.90 Å². The van der Waals surface area contributed by atoms with E-state index in [4.69, 9.17) is 4.74 Å². The van der Waals surface area contributed by atoms with Crippen LogP contribution in [0.5, 0.6) is 0 Å². The summed E-state index contributed by atoms with van der Waals surface area (Å²) in [4.78, 5) is 15.9. The second kappa shape index (κ2) is 7.83. The Bertz CT molecular complexity index is 780.